The molecule has 1 aromatic heterocycles. The number of nitrogens with zero attached hydrogens (tertiary/aromatic N) is 1. The quantitative estimate of drug-likeness (QED) is 0.615. The lowest BCUT2D eigenvalue weighted by Crippen LogP contribution is -2.15. The lowest BCUT2D eigenvalue weighted by Gasteiger charge is -2.11. The topological polar surface area (TPSA) is 63.1 Å². The van der Waals surface area contributed by atoms with Gasteiger partial charge in [-0.2, -0.15) is 0 Å². The number of anilines is 2. The third-order valence-electron chi connectivity index (χ3n) is 5.56. The van der Waals surface area contributed by atoms with Crippen LogP contribution in [0.15, 0.2) is 54.6 Å². The van der Waals surface area contributed by atoms with Gasteiger partial charge >= 0.3 is 0 Å². The summed E-state index contributed by atoms with van der Waals surface area (Å²) in [5.74, 6) is 0.188. The Morgan fingerprint density at radius 2 is 1.50 bits per heavy atom. The van der Waals surface area contributed by atoms with Crippen molar-refractivity contribution in [3.8, 4) is 5.69 Å². The molecule has 1 fully saturated rings. The highest BCUT2D eigenvalue weighted by Gasteiger charge is 2.29. The third-order valence-corrected chi connectivity index (χ3v) is 5.56. The van der Waals surface area contributed by atoms with Gasteiger partial charge in [0.25, 0.3) is 0 Å². The van der Waals surface area contributed by atoms with Gasteiger partial charge in [0.2, 0.25) is 11.8 Å². The minimum atomic E-state index is -0.0612. The Hall–Kier alpha value is -3.34. The molecule has 1 aliphatic carbocycles. The minimum Gasteiger partial charge on any atom is -0.326 e. The third kappa shape index (κ3) is 4.46. The van der Waals surface area contributed by atoms with Crippen molar-refractivity contribution in [1.29, 1.82) is 0 Å². The van der Waals surface area contributed by atoms with Gasteiger partial charge in [-0.1, -0.05) is 17.7 Å². The van der Waals surface area contributed by atoms with Crippen molar-refractivity contribution < 1.29 is 9.59 Å². The highest BCUT2D eigenvalue weighted by molar-refractivity contribution is 5.95. The van der Waals surface area contributed by atoms with E-state index in [-0.39, 0.29) is 17.7 Å². The van der Waals surface area contributed by atoms with Crippen molar-refractivity contribution in [2.24, 2.45) is 5.92 Å². The van der Waals surface area contributed by atoms with Crippen LogP contribution in [0.3, 0.4) is 0 Å². The van der Waals surface area contributed by atoms with Crippen LogP contribution in [-0.2, 0) is 16.0 Å². The normalized spacial score (nSPS) is 13.2. The van der Waals surface area contributed by atoms with Crippen molar-refractivity contribution in [3.05, 3.63) is 77.1 Å². The summed E-state index contributed by atoms with van der Waals surface area (Å²) in [5.41, 5.74) is 6.99. The maximum absolute atomic E-state index is 12.6. The molecule has 1 aliphatic rings. The standard InChI is InChI=1S/C25H27N3O2/c1-16-4-12-23(13-5-16)28-17(2)14-20(18(28)3)15-24(29)26-21-8-10-22(11-9-21)27-25(30)19-6-7-19/h4-5,8-14,19H,6-7,15H2,1-3H3,(H,26,29)(H,27,30). The molecule has 0 aliphatic heterocycles. The summed E-state index contributed by atoms with van der Waals surface area (Å²) < 4.78 is 2.18. The first-order valence-corrected chi connectivity index (χ1v) is 10.4. The molecule has 5 heteroatoms. The lowest BCUT2D eigenvalue weighted by atomic mass is 10.1. The second-order valence-corrected chi connectivity index (χ2v) is 8.13. The number of rotatable bonds is 6. The highest BCUT2D eigenvalue weighted by atomic mass is 16.2. The largest absolute Gasteiger partial charge is 0.326 e. The number of carbonyl (C=O) groups excluding carboxylic acids is 2. The Balaban J connectivity index is 1.41. The van der Waals surface area contributed by atoms with Crippen LogP contribution in [-0.4, -0.2) is 16.4 Å². The molecule has 5 nitrogen and oxygen atoms in total. The van der Waals surface area contributed by atoms with Gasteiger partial charge in [-0.25, -0.2) is 0 Å². The molecule has 2 N–H and O–H groups in total. The predicted octanol–water partition coefficient (Wildman–Crippen LogP) is 4.93. The summed E-state index contributed by atoms with van der Waals surface area (Å²) in [5, 5.41) is 5.85. The molecular weight excluding hydrogens is 374 g/mol. The second-order valence-electron chi connectivity index (χ2n) is 8.13. The Morgan fingerprint density at radius 1 is 0.900 bits per heavy atom. The molecule has 2 aromatic carbocycles. The lowest BCUT2D eigenvalue weighted by molar-refractivity contribution is -0.117. The van der Waals surface area contributed by atoms with Crippen molar-refractivity contribution in [2.75, 3.05) is 10.6 Å². The monoisotopic (exact) mass is 401 g/mol. The Bertz CT molecular complexity index is 1070. The van der Waals surface area contributed by atoms with Gasteiger partial charge in [-0.05, 0) is 81.6 Å². The Labute approximate surface area is 177 Å². The number of hydrogen-bond donors (Lipinski definition) is 2. The van der Waals surface area contributed by atoms with Crippen LogP contribution in [0.25, 0.3) is 5.69 Å². The minimum absolute atomic E-state index is 0.0612. The summed E-state index contributed by atoms with van der Waals surface area (Å²) in [6.07, 6.45) is 2.26. The summed E-state index contributed by atoms with van der Waals surface area (Å²) in [6.45, 7) is 6.18. The summed E-state index contributed by atoms with van der Waals surface area (Å²) in [7, 11) is 0. The van der Waals surface area contributed by atoms with E-state index in [1.807, 2.05) is 31.2 Å². The first-order valence-electron chi connectivity index (χ1n) is 10.4. The fraction of sp³-hybridized carbons (Fsp3) is 0.280. The van der Waals surface area contributed by atoms with Crippen LogP contribution < -0.4 is 10.6 Å². The predicted molar refractivity (Wildman–Crippen MR) is 120 cm³/mol. The van der Waals surface area contributed by atoms with Crippen LogP contribution in [0.1, 0.15) is 35.4 Å². The van der Waals surface area contributed by atoms with E-state index in [0.29, 0.717) is 6.42 Å². The van der Waals surface area contributed by atoms with E-state index < -0.39 is 0 Å². The van der Waals surface area contributed by atoms with Crippen LogP contribution in [0.5, 0.6) is 0 Å². The smallest absolute Gasteiger partial charge is 0.228 e. The van der Waals surface area contributed by atoms with Gasteiger partial charge in [0.05, 0.1) is 6.42 Å². The number of carbonyl (C=O) groups is 2. The van der Waals surface area contributed by atoms with Gasteiger partial charge in [0.1, 0.15) is 0 Å². The highest BCUT2D eigenvalue weighted by Crippen LogP contribution is 2.30. The van der Waals surface area contributed by atoms with Crippen LogP contribution >= 0.6 is 0 Å². The first kappa shape index (κ1) is 20.0. The molecule has 154 valence electrons. The van der Waals surface area contributed by atoms with E-state index in [4.69, 9.17) is 0 Å². The molecule has 2 amide bonds. The molecule has 3 aromatic rings. The Morgan fingerprint density at radius 3 is 2.10 bits per heavy atom. The average molecular weight is 402 g/mol. The molecule has 1 heterocycles. The van der Waals surface area contributed by atoms with E-state index in [2.05, 4.69) is 59.4 Å². The van der Waals surface area contributed by atoms with Gasteiger partial charge in [-0.3, -0.25) is 9.59 Å². The number of nitrogens with one attached hydrogen (secondary N) is 2. The van der Waals surface area contributed by atoms with Crippen molar-refractivity contribution in [3.63, 3.8) is 0 Å². The van der Waals surface area contributed by atoms with Crippen molar-refractivity contribution in [1.82, 2.24) is 4.57 Å². The molecule has 0 unspecified atom stereocenters. The summed E-state index contributed by atoms with van der Waals surface area (Å²) >= 11 is 0. The number of aromatic nitrogens is 1. The van der Waals surface area contributed by atoms with Crippen molar-refractivity contribution >= 4 is 23.2 Å². The van der Waals surface area contributed by atoms with Gasteiger partial charge in [0.15, 0.2) is 0 Å². The summed E-state index contributed by atoms with van der Waals surface area (Å²) in [4.78, 5) is 24.4. The van der Waals surface area contributed by atoms with E-state index in [0.717, 1.165) is 46.9 Å². The zero-order valence-electron chi connectivity index (χ0n) is 17.7. The fourth-order valence-electron chi connectivity index (χ4n) is 3.70. The van der Waals surface area contributed by atoms with E-state index >= 15 is 0 Å². The Kier molecular flexibility index (Phi) is 5.44. The van der Waals surface area contributed by atoms with Crippen molar-refractivity contribution in [2.45, 2.75) is 40.0 Å². The fourth-order valence-corrected chi connectivity index (χ4v) is 3.70. The second kappa shape index (κ2) is 8.19. The molecule has 0 saturated heterocycles. The number of hydrogen-bond acceptors (Lipinski definition) is 2. The zero-order valence-corrected chi connectivity index (χ0v) is 17.7. The molecule has 0 spiro atoms. The van der Waals surface area contributed by atoms with Crippen LogP contribution in [0, 0.1) is 26.7 Å². The number of aryl methyl sites for hydroxylation is 2. The van der Waals surface area contributed by atoms with Gasteiger partial charge in [-0.15, -0.1) is 0 Å². The zero-order chi connectivity index (χ0) is 21.3. The molecule has 4 rings (SSSR count). The van der Waals surface area contributed by atoms with Gasteiger partial charge in [0, 0.05) is 34.4 Å². The van der Waals surface area contributed by atoms with Crippen LogP contribution in [0.2, 0.25) is 0 Å². The van der Waals surface area contributed by atoms with E-state index in [9.17, 15) is 9.59 Å². The molecule has 0 bridgehead atoms. The SMILES string of the molecule is Cc1ccc(-n2c(C)cc(CC(=O)Nc3ccc(NC(=O)C4CC4)cc3)c2C)cc1. The number of benzene rings is 2. The number of amides is 2. The molecule has 1 saturated carbocycles. The van der Waals surface area contributed by atoms with E-state index in [1.165, 1.54) is 5.56 Å². The average Bonchev–Trinajstić information content (AvgIpc) is 3.52. The first-order chi connectivity index (χ1) is 14.4. The molecule has 30 heavy (non-hydrogen) atoms. The van der Waals surface area contributed by atoms with E-state index in [1.54, 1.807) is 0 Å². The summed E-state index contributed by atoms with van der Waals surface area (Å²) in [6, 6.07) is 17.7. The molecule has 0 atom stereocenters. The maximum Gasteiger partial charge on any atom is 0.228 e. The maximum atomic E-state index is 12.6. The van der Waals surface area contributed by atoms with Gasteiger partial charge < -0.3 is 15.2 Å². The molecular formula is C25H27N3O2. The molecule has 0 radical (unpaired) electrons. The van der Waals surface area contributed by atoms with Crippen LogP contribution in [0.4, 0.5) is 11.4 Å².